The largest absolute Gasteiger partial charge is 0.469 e. The highest BCUT2D eigenvalue weighted by Gasteiger charge is 2.13. The van der Waals surface area contributed by atoms with Crippen molar-refractivity contribution in [1.82, 2.24) is 0 Å². The van der Waals surface area contributed by atoms with Gasteiger partial charge in [-0.25, -0.2) is 0 Å². The van der Waals surface area contributed by atoms with Gasteiger partial charge in [0, 0.05) is 6.42 Å². The number of esters is 1. The van der Waals surface area contributed by atoms with E-state index in [1.807, 2.05) is 12.2 Å². The van der Waals surface area contributed by atoms with Crippen molar-refractivity contribution in [2.45, 2.75) is 83.3 Å². The molecule has 0 aliphatic rings. The molecule has 0 aliphatic heterocycles. The Morgan fingerprint density at radius 1 is 0.920 bits per heavy atom. The van der Waals surface area contributed by atoms with Crippen molar-refractivity contribution < 1.29 is 19.7 Å². The summed E-state index contributed by atoms with van der Waals surface area (Å²) in [5, 5.41) is 19.7. The summed E-state index contributed by atoms with van der Waals surface area (Å²) in [4.78, 5) is 10.9. The van der Waals surface area contributed by atoms with Crippen LogP contribution in [0.15, 0.2) is 36.5 Å². The molecule has 4 nitrogen and oxygen atoms in total. The molecular formula is C21H36O4. The summed E-state index contributed by atoms with van der Waals surface area (Å²) in [5.41, 5.74) is 0. The van der Waals surface area contributed by atoms with E-state index in [0.717, 1.165) is 44.9 Å². The molecule has 25 heavy (non-hydrogen) atoms. The number of hydrogen-bond donors (Lipinski definition) is 2. The Hall–Kier alpha value is -1.39. The van der Waals surface area contributed by atoms with Crippen LogP contribution in [0.2, 0.25) is 0 Å². The minimum Gasteiger partial charge on any atom is -0.469 e. The number of aliphatic hydroxyl groups excluding tert-OH is 2. The molecule has 0 amide bonds. The fourth-order valence-corrected chi connectivity index (χ4v) is 2.31. The summed E-state index contributed by atoms with van der Waals surface area (Å²) in [6.07, 6.45) is 19.3. The van der Waals surface area contributed by atoms with Crippen LogP contribution in [0, 0.1) is 0 Å². The lowest BCUT2D eigenvalue weighted by atomic mass is 10.0. The summed E-state index contributed by atoms with van der Waals surface area (Å²) in [6.45, 7) is 2.13. The lowest BCUT2D eigenvalue weighted by molar-refractivity contribution is -0.140. The molecule has 0 rings (SSSR count). The second kappa shape index (κ2) is 17.4. The smallest absolute Gasteiger partial charge is 0.305 e. The molecule has 0 aromatic carbocycles. The maximum Gasteiger partial charge on any atom is 0.305 e. The molecule has 0 radical (unpaired) electrons. The highest BCUT2D eigenvalue weighted by atomic mass is 16.5. The van der Waals surface area contributed by atoms with E-state index in [0.29, 0.717) is 19.3 Å². The number of ether oxygens (including phenoxy) is 1. The Kier molecular flexibility index (Phi) is 16.5. The van der Waals surface area contributed by atoms with E-state index < -0.39 is 12.2 Å². The highest BCUT2D eigenvalue weighted by molar-refractivity contribution is 5.69. The molecule has 2 N–H and O–H groups in total. The maximum atomic E-state index is 10.9. The van der Waals surface area contributed by atoms with Gasteiger partial charge in [-0.2, -0.15) is 0 Å². The topological polar surface area (TPSA) is 66.8 Å². The van der Waals surface area contributed by atoms with Crippen molar-refractivity contribution >= 4 is 5.97 Å². The fourth-order valence-electron chi connectivity index (χ4n) is 2.31. The molecule has 2 atom stereocenters. The average Bonchev–Trinajstić information content (AvgIpc) is 2.62. The number of carbonyl (C=O) groups is 1. The molecule has 0 aromatic heterocycles. The highest BCUT2D eigenvalue weighted by Crippen LogP contribution is 2.10. The number of methoxy groups -OCH3 is 1. The molecular weight excluding hydrogens is 316 g/mol. The summed E-state index contributed by atoms with van der Waals surface area (Å²) >= 11 is 0. The normalized spacial score (nSPS) is 14.6. The molecule has 0 heterocycles. The van der Waals surface area contributed by atoms with Gasteiger partial charge in [-0.3, -0.25) is 4.79 Å². The summed E-state index contributed by atoms with van der Waals surface area (Å²) in [6, 6.07) is 0. The molecule has 0 aliphatic carbocycles. The molecule has 0 fully saturated rings. The van der Waals surface area contributed by atoms with Crippen LogP contribution in [0.1, 0.15) is 71.1 Å². The zero-order valence-electron chi connectivity index (χ0n) is 15.9. The summed E-state index contributed by atoms with van der Waals surface area (Å²) < 4.78 is 4.58. The first kappa shape index (κ1) is 23.6. The predicted octanol–water partition coefficient (Wildman–Crippen LogP) is 4.47. The van der Waals surface area contributed by atoms with Crippen molar-refractivity contribution in [2.24, 2.45) is 0 Å². The van der Waals surface area contributed by atoms with Crippen LogP contribution in [-0.4, -0.2) is 35.5 Å². The van der Waals surface area contributed by atoms with Crippen molar-refractivity contribution in [3.05, 3.63) is 36.5 Å². The number of hydrogen-bond acceptors (Lipinski definition) is 4. The Morgan fingerprint density at radius 3 is 2.20 bits per heavy atom. The molecule has 144 valence electrons. The molecule has 0 saturated heterocycles. The summed E-state index contributed by atoms with van der Waals surface area (Å²) in [7, 11) is 1.41. The minimum absolute atomic E-state index is 0.154. The first-order valence-corrected chi connectivity index (χ1v) is 9.49. The van der Waals surface area contributed by atoms with Crippen LogP contribution >= 0.6 is 0 Å². The summed E-state index contributed by atoms with van der Waals surface area (Å²) in [5.74, 6) is -0.154. The van der Waals surface area contributed by atoms with Crippen LogP contribution in [-0.2, 0) is 9.53 Å². The monoisotopic (exact) mass is 352 g/mol. The van der Waals surface area contributed by atoms with Gasteiger partial charge in [-0.05, 0) is 38.5 Å². The number of carbonyl (C=O) groups excluding carboxylic acids is 1. The first-order chi connectivity index (χ1) is 12.1. The Morgan fingerprint density at radius 2 is 1.56 bits per heavy atom. The van der Waals surface area contributed by atoms with Gasteiger partial charge in [0.1, 0.15) is 0 Å². The van der Waals surface area contributed by atoms with Gasteiger partial charge >= 0.3 is 5.97 Å². The Balaban J connectivity index is 3.63. The zero-order valence-corrected chi connectivity index (χ0v) is 15.9. The SMILES string of the molecule is CCCCCC(O)C(O)CC=CCC=CCC=CCCCC(=O)OC. The second-order valence-corrected chi connectivity index (χ2v) is 6.22. The number of unbranched alkanes of at least 4 members (excludes halogenated alkanes) is 3. The van der Waals surface area contributed by atoms with Crippen molar-refractivity contribution in [3.8, 4) is 0 Å². The molecule has 2 unspecified atom stereocenters. The van der Waals surface area contributed by atoms with E-state index in [-0.39, 0.29) is 5.97 Å². The first-order valence-electron chi connectivity index (χ1n) is 9.49. The van der Waals surface area contributed by atoms with Crippen LogP contribution in [0.25, 0.3) is 0 Å². The Bertz CT molecular complexity index is 399. The van der Waals surface area contributed by atoms with E-state index in [4.69, 9.17) is 0 Å². The number of rotatable bonds is 15. The van der Waals surface area contributed by atoms with E-state index in [9.17, 15) is 15.0 Å². The molecule has 0 bridgehead atoms. The zero-order chi connectivity index (χ0) is 18.8. The van der Waals surface area contributed by atoms with Gasteiger partial charge in [0.15, 0.2) is 0 Å². The van der Waals surface area contributed by atoms with Gasteiger partial charge in [-0.1, -0.05) is 62.6 Å². The Labute approximate surface area is 153 Å². The van der Waals surface area contributed by atoms with Crippen molar-refractivity contribution in [1.29, 1.82) is 0 Å². The average molecular weight is 353 g/mol. The minimum atomic E-state index is -0.662. The molecule has 0 spiro atoms. The standard InChI is InChI=1S/C21H36O4/c1-3-4-13-16-19(22)20(23)17-14-11-9-7-5-6-8-10-12-15-18-21(24)25-2/h5,7-8,10-11,14,19-20,22-23H,3-4,6,9,12-13,15-18H2,1-2H3. The second-order valence-electron chi connectivity index (χ2n) is 6.22. The fraction of sp³-hybridized carbons (Fsp3) is 0.667. The lowest BCUT2D eigenvalue weighted by Crippen LogP contribution is -2.25. The quantitative estimate of drug-likeness (QED) is 0.259. The predicted molar refractivity (Wildman–Crippen MR) is 103 cm³/mol. The third-order valence-corrected chi connectivity index (χ3v) is 3.95. The van der Waals surface area contributed by atoms with Crippen molar-refractivity contribution in [2.75, 3.05) is 7.11 Å². The third kappa shape index (κ3) is 15.9. The van der Waals surface area contributed by atoms with Gasteiger partial charge in [-0.15, -0.1) is 0 Å². The van der Waals surface area contributed by atoms with Crippen molar-refractivity contribution in [3.63, 3.8) is 0 Å². The molecule has 0 aromatic rings. The van der Waals surface area contributed by atoms with E-state index in [2.05, 4.69) is 36.0 Å². The van der Waals surface area contributed by atoms with Gasteiger partial charge < -0.3 is 14.9 Å². The molecule has 4 heteroatoms. The van der Waals surface area contributed by atoms with Gasteiger partial charge in [0.05, 0.1) is 19.3 Å². The number of aliphatic hydroxyl groups is 2. The van der Waals surface area contributed by atoms with Crippen LogP contribution < -0.4 is 0 Å². The van der Waals surface area contributed by atoms with Crippen LogP contribution in [0.4, 0.5) is 0 Å². The number of allylic oxidation sites excluding steroid dienone is 5. The van der Waals surface area contributed by atoms with E-state index >= 15 is 0 Å². The third-order valence-electron chi connectivity index (χ3n) is 3.95. The van der Waals surface area contributed by atoms with Gasteiger partial charge in [0.2, 0.25) is 0 Å². The lowest BCUT2D eigenvalue weighted by Gasteiger charge is -2.15. The maximum absolute atomic E-state index is 10.9. The van der Waals surface area contributed by atoms with Crippen LogP contribution in [0.5, 0.6) is 0 Å². The molecule has 0 saturated carbocycles. The van der Waals surface area contributed by atoms with E-state index in [1.54, 1.807) is 0 Å². The van der Waals surface area contributed by atoms with E-state index in [1.165, 1.54) is 7.11 Å². The van der Waals surface area contributed by atoms with Crippen LogP contribution in [0.3, 0.4) is 0 Å². The van der Waals surface area contributed by atoms with Gasteiger partial charge in [0.25, 0.3) is 0 Å².